The van der Waals surface area contributed by atoms with Crippen molar-refractivity contribution in [3.63, 3.8) is 0 Å². The summed E-state index contributed by atoms with van der Waals surface area (Å²) in [4.78, 5) is 34.0. The van der Waals surface area contributed by atoms with E-state index < -0.39 is 17.4 Å². The van der Waals surface area contributed by atoms with Crippen molar-refractivity contribution < 1.29 is 29.4 Å². The molecule has 160 valence electrons. The van der Waals surface area contributed by atoms with Gasteiger partial charge >= 0.3 is 11.9 Å². The van der Waals surface area contributed by atoms with Crippen LogP contribution in [0.1, 0.15) is 112 Å². The van der Waals surface area contributed by atoms with E-state index in [-0.39, 0.29) is 5.92 Å². The zero-order chi connectivity index (χ0) is 20.5. The fraction of sp³-hybridized carbons (Fsp3) is 0.905. The molecule has 0 spiro atoms. The minimum Gasteiger partial charge on any atom is -0.266 e. The van der Waals surface area contributed by atoms with Crippen molar-refractivity contribution in [3.8, 4) is 0 Å². The summed E-state index contributed by atoms with van der Waals surface area (Å²) >= 11 is 0. The number of unbranched alkanes of at least 4 members (excludes halogenated alkanes) is 4. The lowest BCUT2D eigenvalue weighted by molar-refractivity contribution is -0.602. The average Bonchev–Trinajstić information content (AvgIpc) is 2.68. The van der Waals surface area contributed by atoms with Crippen molar-refractivity contribution in [1.82, 2.24) is 0 Å². The Labute approximate surface area is 165 Å². The quantitative estimate of drug-likeness (QED) is 0.167. The Balaban J connectivity index is 4.51. The van der Waals surface area contributed by atoms with Gasteiger partial charge < -0.3 is 0 Å². The maximum atomic E-state index is 12.6. The summed E-state index contributed by atoms with van der Waals surface area (Å²) in [6, 6.07) is 0. The smallest absolute Gasteiger partial charge is 0.266 e. The van der Waals surface area contributed by atoms with E-state index in [9.17, 15) is 9.59 Å². The molecule has 6 nitrogen and oxygen atoms in total. The van der Waals surface area contributed by atoms with Crippen LogP contribution >= 0.6 is 0 Å². The third kappa shape index (κ3) is 10.1. The van der Waals surface area contributed by atoms with Crippen molar-refractivity contribution in [2.24, 2.45) is 11.3 Å². The summed E-state index contributed by atoms with van der Waals surface area (Å²) in [5, 5.41) is 8.87. The first-order valence-corrected chi connectivity index (χ1v) is 10.8. The third-order valence-electron chi connectivity index (χ3n) is 5.36. The van der Waals surface area contributed by atoms with Crippen LogP contribution in [0.3, 0.4) is 0 Å². The van der Waals surface area contributed by atoms with Crippen molar-refractivity contribution >= 4 is 11.9 Å². The molecule has 0 amide bonds. The van der Waals surface area contributed by atoms with Crippen LogP contribution in [-0.4, -0.2) is 11.9 Å². The molecule has 0 bridgehead atoms. The zero-order valence-electron chi connectivity index (χ0n) is 18.0. The van der Waals surface area contributed by atoms with E-state index in [1.165, 1.54) is 0 Å². The standard InChI is InChI=1S/C21H40O6/c1-6-11-14-17-21(10-5,16-13-8-3)20(23)25-27-26-24-19(22)18(9-4)15-12-7-2/h18H,6-17H2,1-5H3. The fourth-order valence-corrected chi connectivity index (χ4v) is 3.24. The predicted molar refractivity (Wildman–Crippen MR) is 104 cm³/mol. The molecular formula is C21H40O6. The second-order valence-corrected chi connectivity index (χ2v) is 7.35. The Morgan fingerprint density at radius 3 is 1.93 bits per heavy atom. The first kappa shape index (κ1) is 25.9. The molecular weight excluding hydrogens is 348 g/mol. The molecule has 0 aliphatic carbocycles. The Bertz CT molecular complexity index is 398. The molecule has 0 aromatic carbocycles. The summed E-state index contributed by atoms with van der Waals surface area (Å²) in [6.45, 7) is 10.2. The van der Waals surface area contributed by atoms with Crippen LogP contribution < -0.4 is 0 Å². The van der Waals surface area contributed by atoms with E-state index in [2.05, 4.69) is 35.7 Å². The Morgan fingerprint density at radius 2 is 1.37 bits per heavy atom. The summed E-state index contributed by atoms with van der Waals surface area (Å²) in [6.07, 6.45) is 10.6. The molecule has 2 unspecified atom stereocenters. The highest BCUT2D eigenvalue weighted by Gasteiger charge is 2.38. The minimum absolute atomic E-state index is 0.238. The van der Waals surface area contributed by atoms with Gasteiger partial charge in [-0.25, -0.2) is 9.59 Å². The molecule has 0 aromatic rings. The lowest BCUT2D eigenvalue weighted by Crippen LogP contribution is -2.33. The maximum absolute atomic E-state index is 12.6. The summed E-state index contributed by atoms with van der Waals surface area (Å²) in [5.74, 6) is -1.20. The fourth-order valence-electron chi connectivity index (χ4n) is 3.24. The molecule has 0 radical (unpaired) electrons. The van der Waals surface area contributed by atoms with E-state index in [1.807, 2.05) is 13.8 Å². The average molecular weight is 389 g/mol. The van der Waals surface area contributed by atoms with Crippen LogP contribution in [0.4, 0.5) is 0 Å². The first-order chi connectivity index (χ1) is 13.0. The van der Waals surface area contributed by atoms with Crippen molar-refractivity contribution in [1.29, 1.82) is 0 Å². The number of hydrogen-bond acceptors (Lipinski definition) is 6. The van der Waals surface area contributed by atoms with Crippen LogP contribution in [0.15, 0.2) is 0 Å². The van der Waals surface area contributed by atoms with Gasteiger partial charge in [-0.3, -0.25) is 9.78 Å². The van der Waals surface area contributed by atoms with Crippen molar-refractivity contribution in [2.45, 2.75) is 112 Å². The van der Waals surface area contributed by atoms with E-state index in [1.54, 1.807) is 0 Å². The Morgan fingerprint density at radius 1 is 0.778 bits per heavy atom. The van der Waals surface area contributed by atoms with Gasteiger partial charge in [0.15, 0.2) is 0 Å². The van der Waals surface area contributed by atoms with Gasteiger partial charge in [0.2, 0.25) is 0 Å². The summed E-state index contributed by atoms with van der Waals surface area (Å²) < 4.78 is 0. The second-order valence-electron chi connectivity index (χ2n) is 7.35. The van der Waals surface area contributed by atoms with Gasteiger partial charge in [-0.1, -0.05) is 79.6 Å². The summed E-state index contributed by atoms with van der Waals surface area (Å²) in [5.41, 5.74) is -0.578. The predicted octanol–water partition coefficient (Wildman–Crippen LogP) is 6.23. The maximum Gasteiger partial charge on any atom is 0.351 e. The van der Waals surface area contributed by atoms with Gasteiger partial charge in [-0.15, -0.1) is 0 Å². The number of carbonyl (C=O) groups excluding carboxylic acids is 2. The second kappa shape index (κ2) is 15.9. The topological polar surface area (TPSA) is 71.1 Å². The monoisotopic (exact) mass is 388 g/mol. The molecule has 0 heterocycles. The lowest BCUT2D eigenvalue weighted by atomic mass is 9.76. The minimum atomic E-state index is -0.578. The first-order valence-electron chi connectivity index (χ1n) is 10.8. The molecule has 0 aliphatic heterocycles. The number of carbonyl (C=O) groups is 2. The molecule has 0 aromatic heterocycles. The highest BCUT2D eigenvalue weighted by Crippen LogP contribution is 2.36. The number of hydrogen-bond donors (Lipinski definition) is 0. The van der Waals surface area contributed by atoms with Crippen LogP contribution in [-0.2, 0) is 29.4 Å². The molecule has 0 rings (SSSR count). The summed E-state index contributed by atoms with van der Waals surface area (Å²) in [7, 11) is 0. The van der Waals surface area contributed by atoms with E-state index in [0.717, 1.165) is 64.2 Å². The van der Waals surface area contributed by atoms with Crippen LogP contribution in [0, 0.1) is 11.3 Å². The van der Waals surface area contributed by atoms with Gasteiger partial charge in [0, 0.05) is 10.1 Å². The van der Waals surface area contributed by atoms with Gasteiger partial charge in [0.25, 0.3) is 0 Å². The molecule has 0 fully saturated rings. The third-order valence-corrected chi connectivity index (χ3v) is 5.36. The molecule has 2 atom stereocenters. The molecule has 6 heteroatoms. The van der Waals surface area contributed by atoms with Crippen LogP contribution in [0.25, 0.3) is 0 Å². The van der Waals surface area contributed by atoms with Crippen LogP contribution in [0.5, 0.6) is 0 Å². The normalized spacial score (nSPS) is 14.4. The van der Waals surface area contributed by atoms with Crippen LogP contribution in [0.2, 0.25) is 0 Å². The molecule has 0 saturated heterocycles. The van der Waals surface area contributed by atoms with Crippen molar-refractivity contribution in [3.05, 3.63) is 0 Å². The molecule has 0 N–H and O–H groups in total. The molecule has 27 heavy (non-hydrogen) atoms. The van der Waals surface area contributed by atoms with E-state index in [0.29, 0.717) is 12.8 Å². The Hall–Kier alpha value is -1.14. The SMILES string of the molecule is CCCCCC(CC)(CCCC)C(=O)OOOOC(=O)C(CC)CCCC. The van der Waals surface area contributed by atoms with Crippen molar-refractivity contribution in [2.75, 3.05) is 0 Å². The van der Waals surface area contributed by atoms with Gasteiger partial charge in [-0.05, 0) is 32.1 Å². The lowest BCUT2D eigenvalue weighted by Gasteiger charge is -2.29. The molecule has 0 aliphatic rings. The highest BCUT2D eigenvalue weighted by molar-refractivity contribution is 5.76. The van der Waals surface area contributed by atoms with Gasteiger partial charge in [-0.2, -0.15) is 0 Å². The van der Waals surface area contributed by atoms with Gasteiger partial charge in [0.1, 0.15) is 0 Å². The zero-order valence-corrected chi connectivity index (χ0v) is 18.0. The highest BCUT2D eigenvalue weighted by atomic mass is 17.7. The Kier molecular flexibility index (Phi) is 15.2. The van der Waals surface area contributed by atoms with E-state index in [4.69, 9.17) is 4.89 Å². The van der Waals surface area contributed by atoms with Gasteiger partial charge in [0.05, 0.1) is 11.3 Å². The molecule has 0 saturated carbocycles. The van der Waals surface area contributed by atoms with E-state index >= 15 is 0 Å². The number of rotatable bonds is 17. The largest absolute Gasteiger partial charge is 0.351 e.